The van der Waals surface area contributed by atoms with Crippen molar-refractivity contribution < 1.29 is 9.90 Å². The third kappa shape index (κ3) is 1.82. The summed E-state index contributed by atoms with van der Waals surface area (Å²) in [4.78, 5) is 18.1. The van der Waals surface area contributed by atoms with Crippen molar-refractivity contribution in [1.82, 2.24) is 9.97 Å². The summed E-state index contributed by atoms with van der Waals surface area (Å²) in [6.07, 6.45) is 3.37. The highest BCUT2D eigenvalue weighted by molar-refractivity contribution is 5.79. The van der Waals surface area contributed by atoms with Crippen molar-refractivity contribution in [3.63, 3.8) is 0 Å². The number of carbonyl (C=O) groups is 1. The van der Waals surface area contributed by atoms with Gasteiger partial charge in [0.1, 0.15) is 5.82 Å². The fourth-order valence-corrected chi connectivity index (χ4v) is 1.64. The van der Waals surface area contributed by atoms with Crippen LogP contribution in [0.25, 0.3) is 11.4 Å². The molecule has 2 N–H and O–H groups in total. The average Bonchev–Trinajstić information content (AvgIpc) is 2.81. The van der Waals surface area contributed by atoms with Gasteiger partial charge in [0.15, 0.2) is 0 Å². The van der Waals surface area contributed by atoms with Gasteiger partial charge in [0.2, 0.25) is 0 Å². The van der Waals surface area contributed by atoms with E-state index in [4.69, 9.17) is 5.11 Å². The number of aromatic nitrogens is 2. The monoisotopic (exact) mass is 216 g/mol. The first-order valence-electron chi connectivity index (χ1n) is 5.01. The summed E-state index contributed by atoms with van der Waals surface area (Å²) in [6.45, 7) is 1.67. The van der Waals surface area contributed by atoms with Gasteiger partial charge in [-0.15, -0.1) is 0 Å². The molecule has 2 rings (SSSR count). The maximum Gasteiger partial charge on any atom is 0.310 e. The Labute approximate surface area is 93.0 Å². The largest absolute Gasteiger partial charge is 0.481 e. The average molecular weight is 216 g/mol. The number of hydrogen-bond acceptors (Lipinski definition) is 2. The molecule has 16 heavy (non-hydrogen) atoms. The molecule has 0 aliphatic heterocycles. The Balaban J connectivity index is 2.50. The molecule has 1 heterocycles. The van der Waals surface area contributed by atoms with E-state index in [2.05, 4.69) is 9.97 Å². The number of carboxylic acid groups (broad SMARTS) is 1. The maximum atomic E-state index is 11.0. The van der Waals surface area contributed by atoms with Gasteiger partial charge in [-0.1, -0.05) is 24.3 Å². The summed E-state index contributed by atoms with van der Waals surface area (Å²) in [5.74, 6) is -0.677. The highest BCUT2D eigenvalue weighted by atomic mass is 16.4. The maximum absolute atomic E-state index is 11.0. The number of benzene rings is 1. The molecule has 1 aromatic carbocycles. The minimum Gasteiger partial charge on any atom is -0.481 e. The Hall–Kier alpha value is -2.10. The lowest BCUT2D eigenvalue weighted by Crippen LogP contribution is -2.08. The molecule has 82 valence electrons. The smallest absolute Gasteiger partial charge is 0.310 e. The highest BCUT2D eigenvalue weighted by Crippen LogP contribution is 2.26. The summed E-state index contributed by atoms with van der Waals surface area (Å²) in [5, 5.41) is 9.03. The van der Waals surface area contributed by atoms with E-state index in [9.17, 15) is 4.79 Å². The Morgan fingerprint density at radius 1 is 1.44 bits per heavy atom. The van der Waals surface area contributed by atoms with Crippen LogP contribution in [0, 0.1) is 0 Å². The van der Waals surface area contributed by atoms with Crippen molar-refractivity contribution in [3.05, 3.63) is 42.2 Å². The summed E-state index contributed by atoms with van der Waals surface area (Å²) < 4.78 is 0. The minimum atomic E-state index is -0.834. The lowest BCUT2D eigenvalue weighted by molar-refractivity contribution is -0.138. The lowest BCUT2D eigenvalue weighted by Gasteiger charge is -2.10. The van der Waals surface area contributed by atoms with Gasteiger partial charge in [-0.3, -0.25) is 4.79 Å². The molecule has 2 aromatic rings. The number of nitrogens with zero attached hydrogens (tertiary/aromatic N) is 1. The molecular formula is C12H12N2O2. The van der Waals surface area contributed by atoms with Gasteiger partial charge in [-0.25, -0.2) is 4.98 Å². The van der Waals surface area contributed by atoms with E-state index < -0.39 is 11.9 Å². The van der Waals surface area contributed by atoms with Gasteiger partial charge >= 0.3 is 5.97 Å². The van der Waals surface area contributed by atoms with Crippen molar-refractivity contribution in [1.29, 1.82) is 0 Å². The van der Waals surface area contributed by atoms with Crippen LogP contribution in [0.4, 0.5) is 0 Å². The Morgan fingerprint density at radius 3 is 2.81 bits per heavy atom. The number of imidazole rings is 1. The topological polar surface area (TPSA) is 66.0 Å². The van der Waals surface area contributed by atoms with Gasteiger partial charge in [0.05, 0.1) is 5.92 Å². The van der Waals surface area contributed by atoms with Crippen LogP contribution in [0.1, 0.15) is 18.4 Å². The number of aliphatic carboxylic acids is 1. The predicted octanol–water partition coefficient (Wildman–Crippen LogP) is 2.26. The number of nitrogens with one attached hydrogen (secondary N) is 1. The summed E-state index contributed by atoms with van der Waals surface area (Å²) in [6, 6.07) is 7.39. The van der Waals surface area contributed by atoms with E-state index in [1.54, 1.807) is 19.3 Å². The Kier molecular flexibility index (Phi) is 2.72. The van der Waals surface area contributed by atoms with E-state index in [0.29, 0.717) is 5.82 Å². The first kappa shape index (κ1) is 10.4. The molecule has 0 aliphatic rings. The third-order valence-electron chi connectivity index (χ3n) is 2.55. The number of carboxylic acids is 1. The molecule has 1 unspecified atom stereocenters. The van der Waals surface area contributed by atoms with Crippen molar-refractivity contribution in [2.24, 2.45) is 0 Å². The molecule has 0 saturated heterocycles. The first-order chi connectivity index (χ1) is 7.70. The van der Waals surface area contributed by atoms with Crippen LogP contribution in [0.3, 0.4) is 0 Å². The minimum absolute atomic E-state index is 0.540. The molecule has 0 fully saturated rings. The molecule has 0 spiro atoms. The van der Waals surface area contributed by atoms with Crippen LogP contribution in [0.2, 0.25) is 0 Å². The van der Waals surface area contributed by atoms with Gasteiger partial charge in [-0.2, -0.15) is 0 Å². The van der Waals surface area contributed by atoms with Gasteiger partial charge in [0, 0.05) is 18.0 Å². The fraction of sp³-hybridized carbons (Fsp3) is 0.167. The fourth-order valence-electron chi connectivity index (χ4n) is 1.64. The molecule has 0 bridgehead atoms. The third-order valence-corrected chi connectivity index (χ3v) is 2.55. The highest BCUT2D eigenvalue weighted by Gasteiger charge is 2.18. The van der Waals surface area contributed by atoms with Gasteiger partial charge in [0.25, 0.3) is 0 Å². The SMILES string of the molecule is CC(C(=O)O)c1ccccc1-c1ncc[nH]1. The molecule has 0 saturated carbocycles. The van der Waals surface area contributed by atoms with Crippen LogP contribution < -0.4 is 0 Å². The molecule has 1 atom stereocenters. The van der Waals surface area contributed by atoms with Crippen molar-refractivity contribution in [2.75, 3.05) is 0 Å². The van der Waals surface area contributed by atoms with Crippen molar-refractivity contribution in [3.8, 4) is 11.4 Å². The molecule has 1 aromatic heterocycles. The number of rotatable bonds is 3. The second-order valence-electron chi connectivity index (χ2n) is 3.58. The van der Waals surface area contributed by atoms with Crippen LogP contribution in [-0.4, -0.2) is 21.0 Å². The first-order valence-corrected chi connectivity index (χ1v) is 5.01. The van der Waals surface area contributed by atoms with E-state index in [0.717, 1.165) is 11.1 Å². The Morgan fingerprint density at radius 2 is 2.19 bits per heavy atom. The zero-order valence-corrected chi connectivity index (χ0v) is 8.84. The molecule has 4 nitrogen and oxygen atoms in total. The van der Waals surface area contributed by atoms with Gasteiger partial charge < -0.3 is 10.1 Å². The predicted molar refractivity (Wildman–Crippen MR) is 60.1 cm³/mol. The quantitative estimate of drug-likeness (QED) is 0.827. The molecule has 0 radical (unpaired) electrons. The summed E-state index contributed by atoms with van der Waals surface area (Å²) in [5.41, 5.74) is 1.60. The number of aromatic amines is 1. The second kappa shape index (κ2) is 4.18. The second-order valence-corrected chi connectivity index (χ2v) is 3.58. The van der Waals surface area contributed by atoms with E-state index in [1.807, 2.05) is 24.3 Å². The zero-order chi connectivity index (χ0) is 11.5. The van der Waals surface area contributed by atoms with E-state index in [1.165, 1.54) is 0 Å². The summed E-state index contributed by atoms with van der Waals surface area (Å²) >= 11 is 0. The van der Waals surface area contributed by atoms with E-state index in [-0.39, 0.29) is 0 Å². The number of hydrogen-bond donors (Lipinski definition) is 2. The zero-order valence-electron chi connectivity index (χ0n) is 8.84. The molecule has 0 aliphatic carbocycles. The standard InChI is InChI=1S/C12H12N2O2/c1-8(12(15)16)9-4-2-3-5-10(9)11-13-6-7-14-11/h2-8H,1H3,(H,13,14)(H,15,16). The molecular weight excluding hydrogens is 204 g/mol. The summed E-state index contributed by atoms with van der Waals surface area (Å²) in [7, 11) is 0. The molecule has 0 amide bonds. The molecule has 4 heteroatoms. The van der Waals surface area contributed by atoms with Crippen LogP contribution >= 0.6 is 0 Å². The van der Waals surface area contributed by atoms with Crippen LogP contribution in [0.5, 0.6) is 0 Å². The van der Waals surface area contributed by atoms with Crippen molar-refractivity contribution >= 4 is 5.97 Å². The van der Waals surface area contributed by atoms with Crippen LogP contribution in [-0.2, 0) is 4.79 Å². The van der Waals surface area contributed by atoms with E-state index >= 15 is 0 Å². The van der Waals surface area contributed by atoms with Crippen LogP contribution in [0.15, 0.2) is 36.7 Å². The Bertz CT molecular complexity index is 491. The van der Waals surface area contributed by atoms with Crippen molar-refractivity contribution in [2.45, 2.75) is 12.8 Å². The lowest BCUT2D eigenvalue weighted by atomic mass is 9.95. The number of H-pyrrole nitrogens is 1. The normalized spacial score (nSPS) is 12.3. The van der Waals surface area contributed by atoms with Gasteiger partial charge in [-0.05, 0) is 12.5 Å².